The molecule has 4 aromatic carbocycles. The van der Waals surface area contributed by atoms with Crippen molar-refractivity contribution in [1.82, 2.24) is 15.0 Å². The zero-order chi connectivity index (χ0) is 49.2. The molecule has 364 valence electrons. The van der Waals surface area contributed by atoms with Gasteiger partial charge in [-0.25, -0.2) is 14.8 Å². The zero-order valence-electron chi connectivity index (χ0n) is 39.8. The number of aromatic nitrogens is 3. The minimum absolute atomic E-state index is 0.0423. The van der Waals surface area contributed by atoms with Gasteiger partial charge in [0, 0.05) is 34.4 Å². The molecule has 1 fully saturated rings. The predicted octanol–water partition coefficient (Wildman–Crippen LogP) is 12.2. The molecule has 0 saturated heterocycles. The van der Waals surface area contributed by atoms with Gasteiger partial charge >= 0.3 is 18.1 Å². The molecule has 1 spiro atoms. The number of carbonyl (C=O) groups excluding carboxylic acids is 2. The summed E-state index contributed by atoms with van der Waals surface area (Å²) >= 11 is 6.33. The van der Waals surface area contributed by atoms with Gasteiger partial charge in [0.05, 0.1) is 32.1 Å². The van der Waals surface area contributed by atoms with Crippen LogP contribution in [0, 0.1) is 18.8 Å². The third kappa shape index (κ3) is 9.56. The number of amides is 1. The topological polar surface area (TPSA) is 113 Å². The second-order valence-electron chi connectivity index (χ2n) is 19.0. The van der Waals surface area contributed by atoms with Gasteiger partial charge in [0.25, 0.3) is 0 Å². The number of anilines is 1. The maximum atomic E-state index is 14.7. The highest BCUT2D eigenvalue weighted by atomic mass is 35.5. The van der Waals surface area contributed by atoms with Crippen molar-refractivity contribution >= 4 is 29.2 Å². The normalized spacial score (nSPS) is 20.0. The minimum atomic E-state index is -5.29. The van der Waals surface area contributed by atoms with Crippen LogP contribution in [-0.2, 0) is 45.6 Å². The van der Waals surface area contributed by atoms with E-state index >= 15 is 0 Å². The van der Waals surface area contributed by atoms with Crippen molar-refractivity contribution < 1.29 is 41.7 Å². The van der Waals surface area contributed by atoms with Gasteiger partial charge in [0.15, 0.2) is 5.82 Å². The Morgan fingerprint density at radius 2 is 1.63 bits per heavy atom. The van der Waals surface area contributed by atoms with E-state index in [0.29, 0.717) is 47.4 Å². The summed E-state index contributed by atoms with van der Waals surface area (Å²) in [5, 5.41) is 0.127. The Hall–Kier alpha value is -6.47. The van der Waals surface area contributed by atoms with Crippen LogP contribution in [0.2, 0.25) is 5.02 Å². The lowest BCUT2D eigenvalue weighted by molar-refractivity contribution is -0.174. The van der Waals surface area contributed by atoms with E-state index in [2.05, 4.69) is 35.1 Å². The third-order valence-corrected chi connectivity index (χ3v) is 15.0. The first-order chi connectivity index (χ1) is 33.7. The van der Waals surface area contributed by atoms with Gasteiger partial charge in [0.2, 0.25) is 0 Å². The van der Waals surface area contributed by atoms with Crippen LogP contribution in [-0.4, -0.2) is 59.4 Å². The maximum Gasteiger partial charge on any atom is 0.471 e. The average molecular weight is 974 g/mol. The first-order valence-corrected chi connectivity index (χ1v) is 24.3. The molecule has 14 heteroatoms. The number of benzene rings is 4. The minimum Gasteiger partial charge on any atom is -0.496 e. The first-order valence-electron chi connectivity index (χ1n) is 23.9. The number of halogens is 4. The van der Waals surface area contributed by atoms with Crippen LogP contribution in [0.1, 0.15) is 85.5 Å². The number of carbonyl (C=O) groups is 2. The van der Waals surface area contributed by atoms with Crippen LogP contribution in [0.5, 0.6) is 17.2 Å². The molecule has 2 aromatic heterocycles. The van der Waals surface area contributed by atoms with Crippen LogP contribution in [0.15, 0.2) is 109 Å². The van der Waals surface area contributed by atoms with E-state index in [1.54, 1.807) is 13.3 Å². The molecule has 2 heterocycles. The number of rotatable bonds is 14. The van der Waals surface area contributed by atoms with Crippen LogP contribution in [0.25, 0.3) is 22.5 Å². The predicted molar refractivity (Wildman–Crippen MR) is 262 cm³/mol. The molecule has 0 bridgehead atoms. The van der Waals surface area contributed by atoms with Gasteiger partial charge in [-0.2, -0.15) is 13.2 Å². The quantitative estimate of drug-likeness (QED) is 0.0985. The van der Waals surface area contributed by atoms with Gasteiger partial charge in [-0.3, -0.25) is 14.7 Å². The summed E-state index contributed by atoms with van der Waals surface area (Å²) in [7, 11) is 2.76. The molecule has 10 nitrogen and oxygen atoms in total. The highest BCUT2D eigenvalue weighted by Crippen LogP contribution is 2.58. The second-order valence-corrected chi connectivity index (χ2v) is 19.4. The molecular formula is C56H56ClF3N4O6. The van der Waals surface area contributed by atoms with Crippen LogP contribution in [0.4, 0.5) is 18.9 Å². The summed E-state index contributed by atoms with van der Waals surface area (Å²) in [5.41, 5.74) is 6.27. The van der Waals surface area contributed by atoms with Crippen molar-refractivity contribution in [2.24, 2.45) is 11.8 Å². The number of hydrogen-bond donors (Lipinski definition) is 0. The number of hydrogen-bond acceptors (Lipinski definition) is 9. The molecule has 9 rings (SSSR count). The fraction of sp³-hybridized carbons (Fsp3) is 0.375. The van der Waals surface area contributed by atoms with E-state index < -0.39 is 29.0 Å². The van der Waals surface area contributed by atoms with Crippen molar-refractivity contribution in [3.05, 3.63) is 148 Å². The Balaban J connectivity index is 1.04. The lowest BCUT2D eigenvalue weighted by atomic mass is 9.59. The third-order valence-electron chi connectivity index (χ3n) is 14.7. The summed E-state index contributed by atoms with van der Waals surface area (Å²) in [4.78, 5) is 42.2. The van der Waals surface area contributed by atoms with Crippen LogP contribution >= 0.6 is 11.6 Å². The molecule has 3 aliphatic carbocycles. The van der Waals surface area contributed by atoms with Crippen molar-refractivity contribution in [2.75, 3.05) is 25.7 Å². The standard InChI is InChI=1S/C56H56ClF3N4O6/c1-35(33-70-50-21-27-61-48-14-7-5-12-44(48)50)28-39-29-38-18-17-37(46-32-43(19-16-36(46)2)69-34-41-20-26-62-51(63-41)45-13-6-8-15-49(45)67-3)30-47(38)54(39)22-24-55(25-23-54,53(66)68-4)64(52(65)56(58,59)60)42-11-9-10-40(57)31-42/h6,8-11,13,15-21,26-27,30-32,35,39H,5,7,12,14,22-25,28-29,33-34H2,1-4H3/t35-,39?,54?,55?/m1/s1. The molecule has 2 atom stereocenters. The lowest BCUT2D eigenvalue weighted by Crippen LogP contribution is -2.63. The Morgan fingerprint density at radius 3 is 2.40 bits per heavy atom. The number of aryl methyl sites for hydroxylation is 2. The Labute approximate surface area is 411 Å². The number of esters is 1. The summed E-state index contributed by atoms with van der Waals surface area (Å²) in [5.74, 6) is -0.206. The Kier molecular flexibility index (Phi) is 13.9. The van der Waals surface area contributed by atoms with E-state index in [1.165, 1.54) is 29.8 Å². The number of alkyl halides is 3. The molecule has 0 aliphatic heterocycles. The van der Waals surface area contributed by atoms with E-state index in [1.807, 2.05) is 67.7 Å². The van der Waals surface area contributed by atoms with E-state index in [4.69, 9.17) is 35.5 Å². The van der Waals surface area contributed by atoms with E-state index in [-0.39, 0.29) is 42.0 Å². The molecule has 3 aliphatic rings. The van der Waals surface area contributed by atoms with Gasteiger partial charge in [-0.05, 0) is 171 Å². The first kappa shape index (κ1) is 48.5. The fourth-order valence-electron chi connectivity index (χ4n) is 11.3. The number of ether oxygens (including phenoxy) is 4. The zero-order valence-corrected chi connectivity index (χ0v) is 40.5. The highest BCUT2D eigenvalue weighted by Gasteiger charge is 2.60. The van der Waals surface area contributed by atoms with Gasteiger partial charge < -0.3 is 18.9 Å². The summed E-state index contributed by atoms with van der Waals surface area (Å²) in [6.07, 6.45) is 4.27. The molecule has 1 unspecified atom stereocenters. The maximum absolute atomic E-state index is 14.7. The van der Waals surface area contributed by atoms with Gasteiger partial charge in [-0.15, -0.1) is 0 Å². The number of nitrogens with zero attached hydrogens (tertiary/aromatic N) is 4. The van der Waals surface area contributed by atoms with Gasteiger partial charge in [0.1, 0.15) is 29.4 Å². The van der Waals surface area contributed by atoms with Crippen molar-refractivity contribution in [3.8, 4) is 39.8 Å². The van der Waals surface area contributed by atoms with Crippen LogP contribution in [0.3, 0.4) is 0 Å². The second kappa shape index (κ2) is 20.1. The number of para-hydroxylation sites is 1. The van der Waals surface area contributed by atoms with Gasteiger partial charge in [-0.1, -0.05) is 61.0 Å². The number of methoxy groups -OCH3 is 2. The lowest BCUT2D eigenvalue weighted by Gasteiger charge is -2.51. The smallest absolute Gasteiger partial charge is 0.471 e. The number of fused-ring (bicyclic) bond motifs is 3. The van der Waals surface area contributed by atoms with Crippen LogP contribution < -0.4 is 19.1 Å². The Morgan fingerprint density at radius 1 is 0.843 bits per heavy atom. The van der Waals surface area contributed by atoms with Crippen molar-refractivity contribution in [1.29, 1.82) is 0 Å². The highest BCUT2D eigenvalue weighted by molar-refractivity contribution is 6.31. The monoisotopic (exact) mass is 972 g/mol. The SMILES string of the molecule is COC(=O)C1(N(C(=O)C(F)(F)F)c2cccc(Cl)c2)CCC2(CC1)c1cc(-c3cc(OCc4ccnc(-c5ccccc5OC)n4)ccc3C)ccc1CC2C[C@@H](C)COc1ccnc2c1CCCC2. The Bertz CT molecular complexity index is 2900. The summed E-state index contributed by atoms with van der Waals surface area (Å²) < 4.78 is 67.8. The fourth-order valence-corrected chi connectivity index (χ4v) is 11.5. The molecule has 0 radical (unpaired) electrons. The largest absolute Gasteiger partial charge is 0.496 e. The number of pyridine rings is 1. The molecule has 1 amide bonds. The van der Waals surface area contributed by atoms with E-state index in [0.717, 1.165) is 90.5 Å². The van der Waals surface area contributed by atoms with E-state index in [9.17, 15) is 22.8 Å². The molecular weight excluding hydrogens is 917 g/mol. The van der Waals surface area contributed by atoms with Crippen molar-refractivity contribution in [2.45, 2.75) is 102 Å². The molecule has 70 heavy (non-hydrogen) atoms. The molecule has 6 aromatic rings. The summed E-state index contributed by atoms with van der Waals surface area (Å²) in [6, 6.07) is 29.4. The van der Waals surface area contributed by atoms with Crippen molar-refractivity contribution in [3.63, 3.8) is 0 Å². The summed E-state index contributed by atoms with van der Waals surface area (Å²) in [6.45, 7) is 4.89. The molecule has 0 N–H and O–H groups in total. The average Bonchev–Trinajstić information content (AvgIpc) is 3.66. The molecule has 1 saturated carbocycles.